The van der Waals surface area contributed by atoms with Crippen LogP contribution in [-0.2, 0) is 19.1 Å². The molecule has 0 radical (unpaired) electrons. The quantitative estimate of drug-likeness (QED) is 0.744. The Morgan fingerprint density at radius 3 is 2.26 bits per heavy atom. The Labute approximate surface area is 162 Å². The first-order valence-electron chi connectivity index (χ1n) is 8.56. The van der Waals surface area contributed by atoms with Gasteiger partial charge in [0.15, 0.2) is 0 Å². The maximum Gasteiger partial charge on any atom is 0.326 e. The number of benzene rings is 1. The van der Waals surface area contributed by atoms with Gasteiger partial charge in [0.05, 0.1) is 21.9 Å². The van der Waals surface area contributed by atoms with Gasteiger partial charge in [-0.15, -0.1) is 11.8 Å². The van der Waals surface area contributed by atoms with Crippen LogP contribution in [0.2, 0.25) is 0 Å². The SMILES string of the molecule is CSC1=C2C(=O)N(CC(=O)OC(C)(C)C)C(c3ccccc3)=C2C(=O)N1C. The van der Waals surface area contributed by atoms with E-state index in [4.69, 9.17) is 4.74 Å². The largest absolute Gasteiger partial charge is 0.459 e. The second-order valence-corrected chi connectivity index (χ2v) is 8.11. The number of hydrogen-bond acceptors (Lipinski definition) is 5. The predicted molar refractivity (Wildman–Crippen MR) is 104 cm³/mol. The molecular weight excluding hydrogens is 364 g/mol. The number of ether oxygens (including phenoxy) is 1. The lowest BCUT2D eigenvalue weighted by molar-refractivity contribution is -0.156. The van der Waals surface area contributed by atoms with Crippen molar-refractivity contribution >= 4 is 35.2 Å². The average Bonchev–Trinajstić information content (AvgIpc) is 3.00. The maximum absolute atomic E-state index is 13.2. The number of fused-ring (bicyclic) bond motifs is 1. The molecule has 1 aromatic carbocycles. The number of carbonyl (C=O) groups excluding carboxylic acids is 3. The number of carbonyl (C=O) groups is 3. The highest BCUT2D eigenvalue weighted by atomic mass is 32.2. The minimum atomic E-state index is -0.657. The van der Waals surface area contributed by atoms with Gasteiger partial charge in [-0.2, -0.15) is 0 Å². The number of esters is 1. The zero-order valence-electron chi connectivity index (χ0n) is 16.0. The summed E-state index contributed by atoms with van der Waals surface area (Å²) in [6.07, 6.45) is 1.82. The van der Waals surface area contributed by atoms with Crippen LogP contribution in [0.1, 0.15) is 26.3 Å². The van der Waals surface area contributed by atoms with Crippen LogP contribution in [0.25, 0.3) is 5.70 Å². The van der Waals surface area contributed by atoms with Crippen LogP contribution < -0.4 is 0 Å². The zero-order valence-corrected chi connectivity index (χ0v) is 16.8. The summed E-state index contributed by atoms with van der Waals surface area (Å²) in [7, 11) is 1.65. The summed E-state index contributed by atoms with van der Waals surface area (Å²) in [6, 6.07) is 9.17. The van der Waals surface area contributed by atoms with Crippen LogP contribution in [0, 0.1) is 0 Å². The Morgan fingerprint density at radius 2 is 1.70 bits per heavy atom. The van der Waals surface area contributed by atoms with Gasteiger partial charge in [0.1, 0.15) is 12.1 Å². The van der Waals surface area contributed by atoms with E-state index in [-0.39, 0.29) is 18.4 Å². The molecule has 0 atom stereocenters. The second kappa shape index (κ2) is 6.88. The molecule has 0 saturated carbocycles. The maximum atomic E-state index is 13.2. The molecule has 6 nitrogen and oxygen atoms in total. The first-order chi connectivity index (χ1) is 12.7. The summed E-state index contributed by atoms with van der Waals surface area (Å²) >= 11 is 1.34. The summed E-state index contributed by atoms with van der Waals surface area (Å²) in [5.74, 6) is -1.11. The van der Waals surface area contributed by atoms with Crippen molar-refractivity contribution in [3.8, 4) is 0 Å². The molecule has 1 aromatic rings. The summed E-state index contributed by atoms with van der Waals surface area (Å²) < 4.78 is 5.38. The van der Waals surface area contributed by atoms with Gasteiger partial charge < -0.3 is 9.64 Å². The predicted octanol–water partition coefficient (Wildman–Crippen LogP) is 2.63. The summed E-state index contributed by atoms with van der Waals surface area (Å²) in [6.45, 7) is 5.07. The van der Waals surface area contributed by atoms with Crippen molar-refractivity contribution in [2.45, 2.75) is 26.4 Å². The second-order valence-electron chi connectivity index (χ2n) is 7.32. The van der Waals surface area contributed by atoms with Gasteiger partial charge in [-0.05, 0) is 32.6 Å². The van der Waals surface area contributed by atoms with Gasteiger partial charge in [0.25, 0.3) is 11.8 Å². The minimum absolute atomic E-state index is 0.242. The Kier molecular flexibility index (Phi) is 4.90. The minimum Gasteiger partial charge on any atom is -0.459 e. The molecule has 27 heavy (non-hydrogen) atoms. The van der Waals surface area contributed by atoms with E-state index in [0.717, 1.165) is 0 Å². The number of rotatable bonds is 4. The number of nitrogens with zero attached hydrogens (tertiary/aromatic N) is 2. The van der Waals surface area contributed by atoms with Crippen molar-refractivity contribution in [2.75, 3.05) is 19.8 Å². The number of thioether (sulfide) groups is 1. The van der Waals surface area contributed by atoms with Gasteiger partial charge in [-0.3, -0.25) is 19.3 Å². The van der Waals surface area contributed by atoms with E-state index in [1.165, 1.54) is 21.6 Å². The van der Waals surface area contributed by atoms with Crippen molar-refractivity contribution in [1.82, 2.24) is 9.80 Å². The third-order valence-corrected chi connectivity index (χ3v) is 5.07. The van der Waals surface area contributed by atoms with E-state index < -0.39 is 11.6 Å². The molecule has 0 saturated heterocycles. The Hall–Kier alpha value is -2.54. The molecule has 2 aliphatic rings. The van der Waals surface area contributed by atoms with E-state index >= 15 is 0 Å². The number of amides is 2. The normalized spacial score (nSPS) is 17.2. The zero-order chi connectivity index (χ0) is 19.9. The summed E-state index contributed by atoms with van der Waals surface area (Å²) in [5.41, 5.74) is 1.22. The molecule has 0 spiro atoms. The lowest BCUT2D eigenvalue weighted by Gasteiger charge is -2.25. The van der Waals surface area contributed by atoms with Crippen molar-refractivity contribution in [2.24, 2.45) is 0 Å². The van der Waals surface area contributed by atoms with E-state index in [0.29, 0.717) is 27.4 Å². The molecule has 0 bridgehead atoms. The van der Waals surface area contributed by atoms with Crippen molar-refractivity contribution in [3.05, 3.63) is 52.1 Å². The van der Waals surface area contributed by atoms with E-state index in [1.807, 2.05) is 36.6 Å². The summed E-state index contributed by atoms with van der Waals surface area (Å²) in [5, 5.41) is 0.597. The lowest BCUT2D eigenvalue weighted by Crippen LogP contribution is -2.36. The van der Waals surface area contributed by atoms with Crippen LogP contribution in [-0.4, -0.2) is 53.0 Å². The molecule has 0 unspecified atom stereocenters. The fourth-order valence-electron chi connectivity index (χ4n) is 3.22. The van der Waals surface area contributed by atoms with Gasteiger partial charge in [0, 0.05) is 7.05 Å². The highest BCUT2D eigenvalue weighted by Crippen LogP contribution is 2.45. The van der Waals surface area contributed by atoms with Crippen LogP contribution >= 0.6 is 11.8 Å². The third kappa shape index (κ3) is 3.39. The Bertz CT molecular complexity index is 881. The fraction of sp³-hybridized carbons (Fsp3) is 0.350. The highest BCUT2D eigenvalue weighted by molar-refractivity contribution is 8.02. The molecule has 0 aliphatic carbocycles. The van der Waals surface area contributed by atoms with Crippen LogP contribution in [0.5, 0.6) is 0 Å². The average molecular weight is 386 g/mol. The van der Waals surface area contributed by atoms with E-state index in [9.17, 15) is 14.4 Å². The molecular formula is C20H22N2O4S. The Balaban J connectivity index is 2.11. The highest BCUT2D eigenvalue weighted by Gasteiger charge is 2.48. The summed E-state index contributed by atoms with van der Waals surface area (Å²) in [4.78, 5) is 41.3. The molecule has 142 valence electrons. The van der Waals surface area contributed by atoms with Crippen molar-refractivity contribution in [1.29, 1.82) is 0 Å². The van der Waals surface area contributed by atoms with Gasteiger partial charge >= 0.3 is 5.97 Å². The number of hydrogen-bond donors (Lipinski definition) is 0. The Morgan fingerprint density at radius 1 is 1.07 bits per heavy atom. The van der Waals surface area contributed by atoms with Crippen molar-refractivity contribution < 1.29 is 19.1 Å². The fourth-order valence-corrected chi connectivity index (χ4v) is 3.97. The molecule has 2 amide bonds. The first kappa shape index (κ1) is 19.2. The van der Waals surface area contributed by atoms with Gasteiger partial charge in [0.2, 0.25) is 0 Å². The molecule has 0 N–H and O–H groups in total. The molecule has 0 fully saturated rings. The van der Waals surface area contributed by atoms with E-state index in [2.05, 4.69) is 0 Å². The molecule has 7 heteroatoms. The van der Waals surface area contributed by atoms with Gasteiger partial charge in [-0.25, -0.2) is 0 Å². The van der Waals surface area contributed by atoms with Crippen LogP contribution in [0.4, 0.5) is 0 Å². The standard InChI is InChI=1S/C20H22N2O4S/c1-20(2,3)26-13(23)11-22-16(12-9-7-6-8-10-12)14-15(18(22)25)19(27-5)21(4)17(14)24/h6-10H,11H2,1-5H3. The van der Waals surface area contributed by atoms with Crippen LogP contribution in [0.15, 0.2) is 46.5 Å². The van der Waals surface area contributed by atoms with E-state index in [1.54, 1.807) is 27.8 Å². The molecule has 2 heterocycles. The topological polar surface area (TPSA) is 66.9 Å². The molecule has 0 aromatic heterocycles. The first-order valence-corrected chi connectivity index (χ1v) is 9.78. The van der Waals surface area contributed by atoms with Crippen LogP contribution in [0.3, 0.4) is 0 Å². The molecule has 3 rings (SSSR count). The van der Waals surface area contributed by atoms with Gasteiger partial charge in [-0.1, -0.05) is 30.3 Å². The lowest BCUT2D eigenvalue weighted by atomic mass is 10.1. The molecule has 2 aliphatic heterocycles. The third-order valence-electron chi connectivity index (χ3n) is 4.20. The van der Waals surface area contributed by atoms with Crippen molar-refractivity contribution in [3.63, 3.8) is 0 Å². The number of likely N-dealkylation sites (N-methyl/N-ethyl adjacent to an activating group) is 1. The smallest absolute Gasteiger partial charge is 0.326 e. The monoisotopic (exact) mass is 386 g/mol.